The van der Waals surface area contributed by atoms with Crippen LogP contribution in [0.1, 0.15) is 0 Å². The SMILES string of the molecule is BrC(C=Nc1ccccc1)=CNc1ccccc1. The van der Waals surface area contributed by atoms with Gasteiger partial charge in [-0.3, -0.25) is 4.99 Å². The minimum absolute atomic E-state index is 0.884. The van der Waals surface area contributed by atoms with Gasteiger partial charge in [-0.2, -0.15) is 0 Å². The second kappa shape index (κ2) is 6.77. The molecule has 2 aromatic carbocycles. The predicted octanol–water partition coefficient (Wildman–Crippen LogP) is 4.74. The highest BCUT2D eigenvalue weighted by atomic mass is 79.9. The van der Waals surface area contributed by atoms with E-state index in [1.54, 1.807) is 6.21 Å². The highest BCUT2D eigenvalue weighted by Crippen LogP contribution is 2.12. The zero-order valence-corrected chi connectivity index (χ0v) is 11.3. The molecule has 0 aliphatic carbocycles. The van der Waals surface area contributed by atoms with E-state index in [-0.39, 0.29) is 0 Å². The standard InChI is InChI=1S/C15H13BrN2/c16-13(11-17-14-7-3-1-4-8-14)12-18-15-9-5-2-6-10-15/h1-12,17H. The molecule has 0 atom stereocenters. The van der Waals surface area contributed by atoms with E-state index in [1.165, 1.54) is 0 Å². The van der Waals surface area contributed by atoms with Gasteiger partial charge in [-0.1, -0.05) is 36.4 Å². The average Bonchev–Trinajstić information content (AvgIpc) is 2.45. The molecule has 0 spiro atoms. The number of anilines is 1. The van der Waals surface area contributed by atoms with Crippen molar-refractivity contribution in [2.24, 2.45) is 4.99 Å². The van der Waals surface area contributed by atoms with Gasteiger partial charge in [-0.15, -0.1) is 0 Å². The average molecular weight is 301 g/mol. The Balaban J connectivity index is 1.96. The summed E-state index contributed by atoms with van der Waals surface area (Å²) in [5.74, 6) is 0. The van der Waals surface area contributed by atoms with Crippen molar-refractivity contribution in [2.75, 3.05) is 5.32 Å². The van der Waals surface area contributed by atoms with Crippen molar-refractivity contribution in [3.8, 4) is 0 Å². The zero-order valence-electron chi connectivity index (χ0n) is 9.75. The summed E-state index contributed by atoms with van der Waals surface area (Å²) >= 11 is 3.44. The Labute approximate surface area is 115 Å². The van der Waals surface area contributed by atoms with Crippen LogP contribution in [-0.2, 0) is 0 Å². The molecule has 0 aromatic heterocycles. The molecule has 0 saturated heterocycles. The monoisotopic (exact) mass is 300 g/mol. The van der Waals surface area contributed by atoms with E-state index < -0.39 is 0 Å². The Morgan fingerprint density at radius 2 is 1.56 bits per heavy atom. The van der Waals surface area contributed by atoms with Gasteiger partial charge >= 0.3 is 0 Å². The van der Waals surface area contributed by atoms with Crippen LogP contribution in [-0.4, -0.2) is 6.21 Å². The summed E-state index contributed by atoms with van der Waals surface area (Å²) < 4.78 is 0.884. The number of rotatable bonds is 4. The van der Waals surface area contributed by atoms with Gasteiger partial charge in [-0.05, 0) is 40.2 Å². The van der Waals surface area contributed by atoms with Crippen molar-refractivity contribution < 1.29 is 0 Å². The largest absolute Gasteiger partial charge is 0.361 e. The fraction of sp³-hybridized carbons (Fsp3) is 0. The number of nitrogens with zero attached hydrogens (tertiary/aromatic N) is 1. The number of nitrogens with one attached hydrogen (secondary N) is 1. The van der Waals surface area contributed by atoms with Gasteiger partial charge in [0.2, 0.25) is 0 Å². The summed E-state index contributed by atoms with van der Waals surface area (Å²) in [6.07, 6.45) is 3.63. The lowest BCUT2D eigenvalue weighted by molar-refractivity contribution is 1.53. The number of benzene rings is 2. The summed E-state index contributed by atoms with van der Waals surface area (Å²) in [7, 11) is 0. The van der Waals surface area contributed by atoms with Crippen LogP contribution in [0.4, 0.5) is 11.4 Å². The van der Waals surface area contributed by atoms with E-state index in [0.29, 0.717) is 0 Å². The van der Waals surface area contributed by atoms with E-state index >= 15 is 0 Å². The third-order valence-corrected chi connectivity index (χ3v) is 2.68. The minimum atomic E-state index is 0.884. The van der Waals surface area contributed by atoms with Crippen LogP contribution in [0.15, 0.2) is 76.3 Å². The highest BCUT2D eigenvalue weighted by Gasteiger charge is 1.89. The maximum Gasteiger partial charge on any atom is 0.0630 e. The molecule has 1 N–H and O–H groups in total. The van der Waals surface area contributed by atoms with E-state index in [4.69, 9.17) is 0 Å². The molecule has 0 heterocycles. The Morgan fingerprint density at radius 1 is 0.944 bits per heavy atom. The van der Waals surface area contributed by atoms with Gasteiger partial charge in [0, 0.05) is 18.1 Å². The Kier molecular flexibility index (Phi) is 4.73. The van der Waals surface area contributed by atoms with Crippen molar-refractivity contribution in [2.45, 2.75) is 0 Å². The Morgan fingerprint density at radius 3 is 2.22 bits per heavy atom. The summed E-state index contributed by atoms with van der Waals surface area (Å²) in [6, 6.07) is 19.8. The molecule has 2 rings (SSSR count). The second-order valence-corrected chi connectivity index (χ2v) is 4.55. The predicted molar refractivity (Wildman–Crippen MR) is 81.7 cm³/mol. The molecular weight excluding hydrogens is 288 g/mol. The number of para-hydroxylation sites is 2. The van der Waals surface area contributed by atoms with Crippen molar-refractivity contribution >= 4 is 33.5 Å². The molecule has 2 nitrogen and oxygen atoms in total. The summed E-state index contributed by atoms with van der Waals surface area (Å²) in [5.41, 5.74) is 1.98. The number of allylic oxidation sites excluding steroid dienone is 1. The summed E-state index contributed by atoms with van der Waals surface area (Å²) in [4.78, 5) is 4.34. The fourth-order valence-electron chi connectivity index (χ4n) is 1.37. The van der Waals surface area contributed by atoms with Crippen molar-refractivity contribution in [1.29, 1.82) is 0 Å². The minimum Gasteiger partial charge on any atom is -0.361 e. The molecule has 0 fully saturated rings. The topological polar surface area (TPSA) is 24.4 Å². The lowest BCUT2D eigenvalue weighted by Crippen LogP contribution is -1.88. The number of halogens is 1. The first-order chi connectivity index (χ1) is 8.84. The van der Waals surface area contributed by atoms with Crippen LogP contribution in [0, 0.1) is 0 Å². The van der Waals surface area contributed by atoms with E-state index in [2.05, 4.69) is 26.2 Å². The lowest BCUT2D eigenvalue weighted by atomic mass is 10.3. The van der Waals surface area contributed by atoms with Gasteiger partial charge in [0.25, 0.3) is 0 Å². The van der Waals surface area contributed by atoms with Crippen molar-refractivity contribution in [1.82, 2.24) is 0 Å². The van der Waals surface area contributed by atoms with Crippen LogP contribution in [0.3, 0.4) is 0 Å². The van der Waals surface area contributed by atoms with Crippen molar-refractivity contribution in [3.05, 3.63) is 71.3 Å². The van der Waals surface area contributed by atoms with Gasteiger partial charge in [-0.25, -0.2) is 0 Å². The molecule has 90 valence electrons. The number of hydrogen-bond donors (Lipinski definition) is 1. The molecular formula is C15H13BrN2. The zero-order chi connectivity index (χ0) is 12.6. The van der Waals surface area contributed by atoms with E-state index in [1.807, 2.05) is 66.9 Å². The summed E-state index contributed by atoms with van der Waals surface area (Å²) in [6.45, 7) is 0. The molecule has 0 unspecified atom stereocenters. The quantitative estimate of drug-likeness (QED) is 0.811. The van der Waals surface area contributed by atoms with Crippen LogP contribution >= 0.6 is 15.9 Å². The smallest absolute Gasteiger partial charge is 0.0630 e. The maximum atomic E-state index is 4.34. The molecule has 0 bridgehead atoms. The van der Waals surface area contributed by atoms with Crippen LogP contribution < -0.4 is 5.32 Å². The van der Waals surface area contributed by atoms with Crippen LogP contribution in [0.5, 0.6) is 0 Å². The van der Waals surface area contributed by atoms with Crippen LogP contribution in [0.25, 0.3) is 0 Å². The molecule has 3 heteroatoms. The van der Waals surface area contributed by atoms with Crippen molar-refractivity contribution in [3.63, 3.8) is 0 Å². The molecule has 0 aliphatic rings. The molecule has 0 radical (unpaired) electrons. The lowest BCUT2D eigenvalue weighted by Gasteiger charge is -1.99. The van der Waals surface area contributed by atoms with Gasteiger partial charge < -0.3 is 5.32 Å². The Hall–Kier alpha value is -1.87. The van der Waals surface area contributed by atoms with Crippen LogP contribution in [0.2, 0.25) is 0 Å². The Bertz CT molecular complexity index is 533. The fourth-order valence-corrected chi connectivity index (χ4v) is 1.59. The first-order valence-electron chi connectivity index (χ1n) is 5.61. The molecule has 18 heavy (non-hydrogen) atoms. The molecule has 2 aromatic rings. The maximum absolute atomic E-state index is 4.34. The second-order valence-electron chi connectivity index (χ2n) is 3.63. The van der Waals surface area contributed by atoms with Gasteiger partial charge in [0.1, 0.15) is 0 Å². The summed E-state index contributed by atoms with van der Waals surface area (Å²) in [5, 5.41) is 3.18. The third kappa shape index (κ3) is 4.18. The van der Waals surface area contributed by atoms with Gasteiger partial charge in [0.15, 0.2) is 0 Å². The number of hydrogen-bond acceptors (Lipinski definition) is 2. The van der Waals surface area contributed by atoms with E-state index in [0.717, 1.165) is 15.9 Å². The highest BCUT2D eigenvalue weighted by molar-refractivity contribution is 9.12. The normalized spacial score (nSPS) is 11.7. The molecule has 0 amide bonds. The first kappa shape index (κ1) is 12.6. The van der Waals surface area contributed by atoms with Gasteiger partial charge in [0.05, 0.1) is 10.2 Å². The molecule has 0 aliphatic heterocycles. The molecule has 0 saturated carbocycles. The first-order valence-corrected chi connectivity index (χ1v) is 6.40. The van der Waals surface area contributed by atoms with E-state index in [9.17, 15) is 0 Å². The number of aliphatic imine (C=N–C) groups is 1. The third-order valence-electron chi connectivity index (χ3n) is 2.24.